The van der Waals surface area contributed by atoms with Crippen molar-refractivity contribution in [3.63, 3.8) is 0 Å². The van der Waals surface area contributed by atoms with Crippen LogP contribution in [0.15, 0.2) is 12.1 Å². The predicted octanol–water partition coefficient (Wildman–Crippen LogP) is 3.29. The van der Waals surface area contributed by atoms with Crippen LogP contribution in [-0.4, -0.2) is 31.2 Å². The molecule has 0 unspecified atom stereocenters. The molecule has 7 heteroatoms. The predicted molar refractivity (Wildman–Crippen MR) is 83.7 cm³/mol. The molecule has 1 aromatic carbocycles. The Balaban J connectivity index is 2.07. The van der Waals surface area contributed by atoms with Gasteiger partial charge in [-0.1, -0.05) is 13.8 Å². The van der Waals surface area contributed by atoms with Crippen molar-refractivity contribution in [2.75, 3.05) is 18.5 Å². The quantitative estimate of drug-likeness (QED) is 0.835. The van der Waals surface area contributed by atoms with E-state index in [0.29, 0.717) is 12.7 Å². The van der Waals surface area contributed by atoms with Gasteiger partial charge in [0, 0.05) is 18.6 Å². The molecule has 0 aromatic heterocycles. The van der Waals surface area contributed by atoms with Crippen molar-refractivity contribution < 1.29 is 27.8 Å². The fourth-order valence-electron chi connectivity index (χ4n) is 2.26. The maximum atomic E-state index is 13.9. The van der Waals surface area contributed by atoms with Gasteiger partial charge in [0.15, 0.2) is 0 Å². The van der Waals surface area contributed by atoms with E-state index in [0.717, 1.165) is 25.3 Å². The fraction of sp³-hybridized carbons (Fsp3) is 0.529. The summed E-state index contributed by atoms with van der Waals surface area (Å²) < 4.78 is 38.1. The number of carbonyl (C=O) groups is 2. The third kappa shape index (κ3) is 4.74. The van der Waals surface area contributed by atoms with Gasteiger partial charge < -0.3 is 14.8 Å². The van der Waals surface area contributed by atoms with E-state index < -0.39 is 29.1 Å². The second-order valence-electron chi connectivity index (χ2n) is 6.04. The molecule has 1 heterocycles. The van der Waals surface area contributed by atoms with Crippen LogP contribution < -0.4 is 5.32 Å². The van der Waals surface area contributed by atoms with Crippen LogP contribution in [0.5, 0.6) is 0 Å². The zero-order valence-corrected chi connectivity index (χ0v) is 13.7. The van der Waals surface area contributed by atoms with Crippen molar-refractivity contribution in [1.29, 1.82) is 0 Å². The number of halogens is 2. The Bertz CT molecular complexity index is 613. The molecule has 0 bridgehead atoms. The lowest BCUT2D eigenvalue weighted by Gasteiger charge is -2.22. The molecule has 1 saturated heterocycles. The van der Waals surface area contributed by atoms with Crippen LogP contribution in [0.3, 0.4) is 0 Å². The summed E-state index contributed by atoms with van der Waals surface area (Å²) in [4.78, 5) is 23.7. The Morgan fingerprint density at radius 2 is 2.04 bits per heavy atom. The number of esters is 1. The molecule has 1 fully saturated rings. The van der Waals surface area contributed by atoms with E-state index in [1.165, 1.54) is 0 Å². The van der Waals surface area contributed by atoms with E-state index in [-0.39, 0.29) is 24.3 Å². The van der Waals surface area contributed by atoms with Gasteiger partial charge in [-0.25, -0.2) is 13.6 Å². The summed E-state index contributed by atoms with van der Waals surface area (Å²) in [5.74, 6) is -3.72. The highest BCUT2D eigenvalue weighted by atomic mass is 19.1. The standard InChI is InChI=1S/C17H21F2NO4/c1-10(2)16(21)20-15-7-12(13(18)8-14(15)19)17(22)24-9-11-5-3-4-6-23-11/h7-8,10-11H,3-6,9H2,1-2H3,(H,20,21)/t11-/m1/s1. The average molecular weight is 341 g/mol. The van der Waals surface area contributed by atoms with E-state index in [2.05, 4.69) is 5.32 Å². The zero-order chi connectivity index (χ0) is 17.7. The van der Waals surface area contributed by atoms with Gasteiger partial charge in [0.05, 0.1) is 17.4 Å². The number of hydrogen-bond donors (Lipinski definition) is 1. The number of benzene rings is 1. The van der Waals surface area contributed by atoms with Gasteiger partial charge >= 0.3 is 5.97 Å². The Labute approximate surface area is 139 Å². The van der Waals surface area contributed by atoms with Crippen molar-refractivity contribution in [3.8, 4) is 0 Å². The summed E-state index contributed by atoms with van der Waals surface area (Å²) in [5, 5.41) is 2.32. The SMILES string of the molecule is CC(C)C(=O)Nc1cc(C(=O)OC[C@H]2CCCCO2)c(F)cc1F. The number of nitrogens with one attached hydrogen (secondary N) is 1. The van der Waals surface area contributed by atoms with Gasteiger partial charge in [0.25, 0.3) is 0 Å². The van der Waals surface area contributed by atoms with Crippen LogP contribution in [0.25, 0.3) is 0 Å². The lowest BCUT2D eigenvalue weighted by Crippen LogP contribution is -2.26. The van der Waals surface area contributed by atoms with Gasteiger partial charge in [-0.05, 0) is 25.3 Å². The summed E-state index contributed by atoms with van der Waals surface area (Å²) in [6, 6.07) is 1.51. The first-order chi connectivity index (χ1) is 11.4. The minimum Gasteiger partial charge on any atom is -0.459 e. The van der Waals surface area contributed by atoms with Crippen molar-refractivity contribution in [2.24, 2.45) is 5.92 Å². The van der Waals surface area contributed by atoms with Gasteiger partial charge in [0.2, 0.25) is 5.91 Å². The minimum atomic E-state index is -1.04. The maximum absolute atomic E-state index is 13.9. The number of hydrogen-bond acceptors (Lipinski definition) is 4. The summed E-state index contributed by atoms with van der Waals surface area (Å²) in [7, 11) is 0. The molecule has 1 N–H and O–H groups in total. The highest BCUT2D eigenvalue weighted by Gasteiger charge is 2.21. The van der Waals surface area contributed by atoms with Crippen molar-refractivity contribution in [3.05, 3.63) is 29.3 Å². The minimum absolute atomic E-state index is 0.0172. The molecule has 0 spiro atoms. The molecule has 0 radical (unpaired) electrons. The highest BCUT2D eigenvalue weighted by molar-refractivity contribution is 5.95. The summed E-state index contributed by atoms with van der Waals surface area (Å²) in [6.45, 7) is 3.90. The molecule has 0 saturated carbocycles. The number of amides is 1. The molecular weight excluding hydrogens is 320 g/mol. The van der Waals surface area contributed by atoms with Crippen LogP contribution in [0.1, 0.15) is 43.5 Å². The van der Waals surface area contributed by atoms with Gasteiger partial charge in [-0.3, -0.25) is 4.79 Å². The third-order valence-corrected chi connectivity index (χ3v) is 3.73. The van der Waals surface area contributed by atoms with Crippen LogP contribution in [0, 0.1) is 17.6 Å². The molecule has 5 nitrogen and oxygen atoms in total. The lowest BCUT2D eigenvalue weighted by molar-refractivity contribution is -0.118. The smallest absolute Gasteiger partial charge is 0.341 e. The molecule has 1 aliphatic rings. The van der Waals surface area contributed by atoms with Crippen molar-refractivity contribution >= 4 is 17.6 Å². The molecule has 2 rings (SSSR count). The molecule has 1 aromatic rings. The molecule has 0 aliphatic carbocycles. The number of rotatable bonds is 5. The van der Waals surface area contributed by atoms with Crippen LogP contribution in [0.4, 0.5) is 14.5 Å². The number of anilines is 1. The monoisotopic (exact) mass is 341 g/mol. The van der Waals surface area contributed by atoms with Crippen molar-refractivity contribution in [1.82, 2.24) is 0 Å². The second-order valence-corrected chi connectivity index (χ2v) is 6.04. The van der Waals surface area contributed by atoms with Crippen molar-refractivity contribution in [2.45, 2.75) is 39.2 Å². The third-order valence-electron chi connectivity index (χ3n) is 3.73. The molecular formula is C17H21F2NO4. The fourth-order valence-corrected chi connectivity index (χ4v) is 2.26. The van der Waals surface area contributed by atoms with E-state index in [9.17, 15) is 18.4 Å². The van der Waals surface area contributed by atoms with Gasteiger partial charge in [0.1, 0.15) is 18.2 Å². The lowest BCUT2D eigenvalue weighted by atomic mass is 10.1. The first kappa shape index (κ1) is 18.3. The maximum Gasteiger partial charge on any atom is 0.341 e. The summed E-state index contributed by atoms with van der Waals surface area (Å²) >= 11 is 0. The van der Waals surface area contributed by atoms with Crippen LogP contribution in [-0.2, 0) is 14.3 Å². The van der Waals surface area contributed by atoms with E-state index >= 15 is 0 Å². The largest absolute Gasteiger partial charge is 0.459 e. The van der Waals surface area contributed by atoms with E-state index in [1.54, 1.807) is 13.8 Å². The number of ether oxygens (including phenoxy) is 2. The van der Waals surface area contributed by atoms with Gasteiger partial charge in [-0.2, -0.15) is 0 Å². The Hall–Kier alpha value is -2.02. The summed E-state index contributed by atoms with van der Waals surface area (Å²) in [5.41, 5.74) is -0.678. The van der Waals surface area contributed by atoms with E-state index in [1.807, 2.05) is 0 Å². The topological polar surface area (TPSA) is 64.6 Å². The average Bonchev–Trinajstić information content (AvgIpc) is 2.55. The molecule has 1 aliphatic heterocycles. The summed E-state index contributed by atoms with van der Waals surface area (Å²) in [6.07, 6.45) is 2.52. The van der Waals surface area contributed by atoms with Crippen LogP contribution >= 0.6 is 0 Å². The first-order valence-corrected chi connectivity index (χ1v) is 7.97. The molecule has 132 valence electrons. The van der Waals surface area contributed by atoms with E-state index in [4.69, 9.17) is 9.47 Å². The molecule has 1 atom stereocenters. The van der Waals surface area contributed by atoms with Gasteiger partial charge in [-0.15, -0.1) is 0 Å². The Morgan fingerprint density at radius 1 is 1.29 bits per heavy atom. The molecule has 1 amide bonds. The zero-order valence-electron chi connectivity index (χ0n) is 13.7. The second kappa shape index (κ2) is 8.19. The molecule has 24 heavy (non-hydrogen) atoms. The number of carbonyl (C=O) groups excluding carboxylic acids is 2. The van der Waals surface area contributed by atoms with Crippen LogP contribution in [0.2, 0.25) is 0 Å². The Kier molecular flexibility index (Phi) is 6.25. The normalized spacial score (nSPS) is 17.6. The Morgan fingerprint density at radius 3 is 2.67 bits per heavy atom. The highest BCUT2D eigenvalue weighted by Crippen LogP contribution is 2.21. The first-order valence-electron chi connectivity index (χ1n) is 7.97.